The minimum Gasteiger partial charge on any atom is -0.492 e. The summed E-state index contributed by atoms with van der Waals surface area (Å²) in [6, 6.07) is 3.74. The SMILES string of the molecule is Cc1ncsc1-c1ccc(CNC(=O)[C@@H]2C[C@@H](O)CN2C(=O)[C@@H](NC(=O)C2(F)CC2)C(C)C)c(OCCN)c1. The van der Waals surface area contributed by atoms with Crippen molar-refractivity contribution in [2.45, 2.75) is 70.4 Å². The van der Waals surface area contributed by atoms with Crippen molar-refractivity contribution in [1.29, 1.82) is 0 Å². The molecule has 2 aromatic rings. The molecule has 1 aliphatic heterocycles. The number of halogens is 1. The molecule has 0 unspecified atom stereocenters. The summed E-state index contributed by atoms with van der Waals surface area (Å²) >= 11 is 1.52. The van der Waals surface area contributed by atoms with Gasteiger partial charge in [0.25, 0.3) is 5.91 Å². The summed E-state index contributed by atoms with van der Waals surface area (Å²) in [4.78, 5) is 45.6. The van der Waals surface area contributed by atoms with Gasteiger partial charge >= 0.3 is 0 Å². The number of likely N-dealkylation sites (tertiary alicyclic amines) is 1. The number of hydrogen-bond acceptors (Lipinski definition) is 8. The lowest BCUT2D eigenvalue weighted by molar-refractivity contribution is -0.143. The Balaban J connectivity index is 1.46. The predicted octanol–water partition coefficient (Wildman–Crippen LogP) is 1.68. The number of benzene rings is 1. The standard InChI is InChI=1S/C27H36FN5O5S/c1-15(2)22(32-26(37)27(28)6-7-27)25(36)33-13-19(34)11-20(33)24(35)30-12-18-5-4-17(10-21(18)38-9-8-29)23-16(3)31-14-39-23/h4-5,10,14-15,19-20,22,34H,6-9,11-13,29H2,1-3H3,(H,30,35)(H,32,37)/t19-,20+,22+/m1/s1. The highest BCUT2D eigenvalue weighted by atomic mass is 32.1. The summed E-state index contributed by atoms with van der Waals surface area (Å²) in [5, 5.41) is 15.7. The van der Waals surface area contributed by atoms with Crippen LogP contribution in [0.25, 0.3) is 10.4 Å². The van der Waals surface area contributed by atoms with Gasteiger partial charge in [-0.15, -0.1) is 11.3 Å². The molecule has 0 bridgehead atoms. The first-order chi connectivity index (χ1) is 18.5. The number of amides is 3. The fourth-order valence-electron chi connectivity index (χ4n) is 4.63. The van der Waals surface area contributed by atoms with Crippen LogP contribution in [-0.2, 0) is 20.9 Å². The molecule has 2 fully saturated rings. The fraction of sp³-hybridized carbons (Fsp3) is 0.556. The number of thiazole rings is 1. The van der Waals surface area contributed by atoms with E-state index in [0.717, 1.165) is 21.7 Å². The number of rotatable bonds is 11. The van der Waals surface area contributed by atoms with Gasteiger partial charge in [-0.05, 0) is 37.3 Å². The number of carbonyl (C=O) groups excluding carboxylic acids is 3. The van der Waals surface area contributed by atoms with Crippen LogP contribution in [0.3, 0.4) is 0 Å². The average molecular weight is 562 g/mol. The van der Waals surface area contributed by atoms with Crippen molar-refractivity contribution in [3.05, 3.63) is 35.0 Å². The lowest BCUT2D eigenvalue weighted by Gasteiger charge is -2.30. The minimum atomic E-state index is -1.92. The second kappa shape index (κ2) is 12.0. The summed E-state index contributed by atoms with van der Waals surface area (Å²) in [7, 11) is 0. The molecule has 3 amide bonds. The molecule has 1 saturated carbocycles. The maximum Gasteiger partial charge on any atom is 0.258 e. The van der Waals surface area contributed by atoms with E-state index in [1.54, 1.807) is 19.4 Å². The smallest absolute Gasteiger partial charge is 0.258 e. The highest BCUT2D eigenvalue weighted by Gasteiger charge is 2.52. The van der Waals surface area contributed by atoms with Crippen LogP contribution in [0.4, 0.5) is 4.39 Å². The Kier molecular flexibility index (Phi) is 8.87. The van der Waals surface area contributed by atoms with Crippen LogP contribution in [0.1, 0.15) is 44.4 Å². The zero-order chi connectivity index (χ0) is 28.3. The Morgan fingerprint density at radius 2 is 2.08 bits per heavy atom. The van der Waals surface area contributed by atoms with Gasteiger partial charge < -0.3 is 31.1 Å². The van der Waals surface area contributed by atoms with Gasteiger partial charge in [-0.2, -0.15) is 0 Å². The molecular weight excluding hydrogens is 525 g/mol. The van der Waals surface area contributed by atoms with Crippen LogP contribution in [0, 0.1) is 12.8 Å². The number of aromatic nitrogens is 1. The number of β-amino-alcohol motifs (C(OH)–C–C–N with tert-alkyl or cyclic N) is 1. The topological polar surface area (TPSA) is 147 Å². The Hall–Kier alpha value is -3.09. The van der Waals surface area contributed by atoms with Crippen LogP contribution in [0.5, 0.6) is 5.75 Å². The summed E-state index contributed by atoms with van der Waals surface area (Å²) in [6.07, 6.45) is -0.571. The highest BCUT2D eigenvalue weighted by molar-refractivity contribution is 7.13. The van der Waals surface area contributed by atoms with E-state index in [0.29, 0.717) is 18.9 Å². The molecule has 212 valence electrons. The van der Waals surface area contributed by atoms with Crippen molar-refractivity contribution in [3.8, 4) is 16.2 Å². The number of nitrogens with two attached hydrogens (primary N) is 1. The van der Waals surface area contributed by atoms with Gasteiger partial charge in [-0.3, -0.25) is 14.4 Å². The Bertz CT molecular complexity index is 1220. The number of carbonyl (C=O) groups is 3. The summed E-state index contributed by atoms with van der Waals surface area (Å²) in [6.45, 7) is 6.11. The van der Waals surface area contributed by atoms with Gasteiger partial charge in [0.2, 0.25) is 11.8 Å². The lowest BCUT2D eigenvalue weighted by Crippen LogP contribution is -2.56. The second-order valence-corrected chi connectivity index (χ2v) is 11.4. The fourth-order valence-corrected chi connectivity index (χ4v) is 5.43. The van der Waals surface area contributed by atoms with Crippen LogP contribution >= 0.6 is 11.3 Å². The quantitative estimate of drug-likeness (QED) is 0.326. The van der Waals surface area contributed by atoms with Gasteiger partial charge in [0, 0.05) is 31.6 Å². The van der Waals surface area contributed by atoms with Crippen LogP contribution in [-0.4, -0.2) is 76.3 Å². The molecule has 0 spiro atoms. The molecule has 39 heavy (non-hydrogen) atoms. The Morgan fingerprint density at radius 3 is 2.69 bits per heavy atom. The molecule has 10 nitrogen and oxygen atoms in total. The maximum atomic E-state index is 14.3. The van der Waals surface area contributed by atoms with Crippen molar-refractivity contribution in [2.24, 2.45) is 11.7 Å². The minimum absolute atomic E-state index is 0.0511. The summed E-state index contributed by atoms with van der Waals surface area (Å²) in [5.74, 6) is -1.53. The van der Waals surface area contributed by atoms with Crippen molar-refractivity contribution in [1.82, 2.24) is 20.5 Å². The number of aliphatic hydroxyl groups excluding tert-OH is 1. The van der Waals surface area contributed by atoms with Crippen molar-refractivity contribution in [2.75, 3.05) is 19.7 Å². The molecule has 2 heterocycles. The molecule has 5 N–H and O–H groups in total. The van der Waals surface area contributed by atoms with E-state index in [-0.39, 0.29) is 38.3 Å². The third kappa shape index (κ3) is 6.56. The first-order valence-electron chi connectivity index (χ1n) is 13.2. The molecule has 1 aromatic heterocycles. The zero-order valence-corrected chi connectivity index (χ0v) is 23.2. The van der Waals surface area contributed by atoms with E-state index in [1.165, 1.54) is 16.2 Å². The van der Waals surface area contributed by atoms with Gasteiger partial charge in [-0.25, -0.2) is 9.37 Å². The van der Waals surface area contributed by atoms with Crippen molar-refractivity contribution < 1.29 is 28.6 Å². The van der Waals surface area contributed by atoms with Gasteiger partial charge in [-0.1, -0.05) is 26.0 Å². The largest absolute Gasteiger partial charge is 0.492 e. The van der Waals surface area contributed by atoms with E-state index in [4.69, 9.17) is 10.5 Å². The normalized spacial score (nSPS) is 20.5. The molecule has 12 heteroatoms. The lowest BCUT2D eigenvalue weighted by atomic mass is 10.0. The first kappa shape index (κ1) is 28.9. The molecule has 3 atom stereocenters. The number of alkyl halides is 1. The van der Waals surface area contributed by atoms with Crippen LogP contribution in [0.15, 0.2) is 23.7 Å². The van der Waals surface area contributed by atoms with Gasteiger partial charge in [0.05, 0.1) is 22.2 Å². The molecule has 1 saturated heterocycles. The van der Waals surface area contributed by atoms with Crippen LogP contribution in [0.2, 0.25) is 0 Å². The Morgan fingerprint density at radius 1 is 1.33 bits per heavy atom. The Labute approximate surface area is 231 Å². The number of aliphatic hydroxyl groups is 1. The van der Waals surface area contributed by atoms with E-state index >= 15 is 0 Å². The van der Waals surface area contributed by atoms with Crippen LogP contribution < -0.4 is 21.1 Å². The third-order valence-electron chi connectivity index (χ3n) is 7.08. The molecule has 0 radical (unpaired) electrons. The van der Waals surface area contributed by atoms with E-state index in [9.17, 15) is 23.9 Å². The second-order valence-electron chi connectivity index (χ2n) is 10.5. The van der Waals surface area contributed by atoms with E-state index < -0.39 is 41.6 Å². The number of aryl methyl sites for hydroxylation is 1. The number of nitrogens with zero attached hydrogens (tertiary/aromatic N) is 2. The predicted molar refractivity (Wildman–Crippen MR) is 145 cm³/mol. The molecule has 2 aliphatic rings. The number of ether oxygens (including phenoxy) is 1. The highest BCUT2D eigenvalue weighted by Crippen LogP contribution is 2.40. The summed E-state index contributed by atoms with van der Waals surface area (Å²) < 4.78 is 20.1. The molecule has 1 aromatic carbocycles. The number of hydrogen-bond donors (Lipinski definition) is 4. The van der Waals surface area contributed by atoms with Gasteiger partial charge in [0.15, 0.2) is 5.67 Å². The molecule has 1 aliphatic carbocycles. The van der Waals surface area contributed by atoms with E-state index in [2.05, 4.69) is 15.6 Å². The zero-order valence-electron chi connectivity index (χ0n) is 22.4. The monoisotopic (exact) mass is 561 g/mol. The molecular formula is C27H36FN5O5S. The van der Waals surface area contributed by atoms with Gasteiger partial charge in [0.1, 0.15) is 24.4 Å². The average Bonchev–Trinajstić information content (AvgIpc) is 3.32. The number of nitrogens with one attached hydrogen (secondary N) is 2. The summed E-state index contributed by atoms with van der Waals surface area (Å²) in [5.41, 5.74) is 8.06. The molecule has 4 rings (SSSR count). The van der Waals surface area contributed by atoms with Crippen molar-refractivity contribution in [3.63, 3.8) is 0 Å². The third-order valence-corrected chi connectivity index (χ3v) is 8.06. The van der Waals surface area contributed by atoms with E-state index in [1.807, 2.05) is 25.1 Å². The first-order valence-corrected chi connectivity index (χ1v) is 14.0. The maximum absolute atomic E-state index is 14.3. The van der Waals surface area contributed by atoms with Crippen molar-refractivity contribution >= 4 is 29.1 Å².